The summed E-state index contributed by atoms with van der Waals surface area (Å²) >= 11 is 12.8. The standard InChI is InChI=1S/C22H23Cl2N3O5S/c1-22(2,13-4-3-5-14(10-13)33(25,31)32)21(30)26-11-12-8-16(23)19(17(24)9-12)15-6-7-18(28)27-20(15)29/h3-5,8-10,15H,6-7,11H2,1-2H3,(H,26,30)(H2,25,31,32)(H,27,28,29). The van der Waals surface area contributed by atoms with Crippen molar-refractivity contribution in [2.24, 2.45) is 5.14 Å². The van der Waals surface area contributed by atoms with Crippen molar-refractivity contribution >= 4 is 50.9 Å². The molecule has 1 aliphatic heterocycles. The van der Waals surface area contributed by atoms with Gasteiger partial charge in [-0.25, -0.2) is 13.6 Å². The number of nitrogens with two attached hydrogens (primary N) is 1. The molecule has 1 fully saturated rings. The lowest BCUT2D eigenvalue weighted by Gasteiger charge is -2.25. The van der Waals surface area contributed by atoms with Crippen LogP contribution in [-0.2, 0) is 36.4 Å². The maximum absolute atomic E-state index is 12.9. The Bertz CT molecular complexity index is 1220. The van der Waals surface area contributed by atoms with Crippen LogP contribution in [0.4, 0.5) is 0 Å². The molecule has 0 aliphatic carbocycles. The molecule has 8 nitrogen and oxygen atoms in total. The van der Waals surface area contributed by atoms with Crippen LogP contribution in [0.15, 0.2) is 41.3 Å². The van der Waals surface area contributed by atoms with Crippen molar-refractivity contribution in [3.05, 3.63) is 63.1 Å². The first kappa shape index (κ1) is 25.2. The van der Waals surface area contributed by atoms with E-state index in [9.17, 15) is 22.8 Å². The molecule has 0 bridgehead atoms. The van der Waals surface area contributed by atoms with Crippen molar-refractivity contribution in [2.75, 3.05) is 0 Å². The molecule has 0 radical (unpaired) electrons. The van der Waals surface area contributed by atoms with Gasteiger partial charge in [-0.15, -0.1) is 0 Å². The summed E-state index contributed by atoms with van der Waals surface area (Å²) in [5.74, 6) is -1.76. The number of piperidine rings is 1. The van der Waals surface area contributed by atoms with Crippen LogP contribution in [0.3, 0.4) is 0 Å². The molecule has 1 heterocycles. The van der Waals surface area contributed by atoms with Crippen LogP contribution < -0.4 is 15.8 Å². The van der Waals surface area contributed by atoms with Crippen molar-refractivity contribution in [3.63, 3.8) is 0 Å². The second-order valence-electron chi connectivity index (χ2n) is 8.36. The van der Waals surface area contributed by atoms with Gasteiger partial charge in [0.2, 0.25) is 27.7 Å². The summed E-state index contributed by atoms with van der Waals surface area (Å²) in [6, 6.07) is 9.13. The van der Waals surface area contributed by atoms with Gasteiger partial charge in [0.1, 0.15) is 0 Å². The van der Waals surface area contributed by atoms with Crippen LogP contribution in [-0.4, -0.2) is 26.1 Å². The highest BCUT2D eigenvalue weighted by Crippen LogP contribution is 2.37. The van der Waals surface area contributed by atoms with Gasteiger partial charge in [0.05, 0.1) is 16.2 Å². The molecule has 1 aliphatic rings. The number of hydrogen-bond acceptors (Lipinski definition) is 5. The van der Waals surface area contributed by atoms with Crippen molar-refractivity contribution in [1.29, 1.82) is 0 Å². The fraction of sp³-hybridized carbons (Fsp3) is 0.318. The molecular weight excluding hydrogens is 489 g/mol. The molecule has 4 N–H and O–H groups in total. The molecule has 176 valence electrons. The molecule has 0 aromatic heterocycles. The topological polar surface area (TPSA) is 135 Å². The molecule has 1 unspecified atom stereocenters. The van der Waals surface area contributed by atoms with Gasteiger partial charge in [0.25, 0.3) is 0 Å². The Morgan fingerprint density at radius 3 is 2.39 bits per heavy atom. The predicted octanol–water partition coefficient (Wildman–Crippen LogP) is 2.76. The van der Waals surface area contributed by atoms with E-state index in [-0.39, 0.29) is 39.7 Å². The minimum absolute atomic E-state index is 0.0801. The number of benzene rings is 2. The lowest BCUT2D eigenvalue weighted by Crippen LogP contribution is -2.40. The van der Waals surface area contributed by atoms with Crippen LogP contribution in [0.2, 0.25) is 10.0 Å². The summed E-state index contributed by atoms with van der Waals surface area (Å²) in [5, 5.41) is 10.8. The number of amides is 3. The minimum atomic E-state index is -3.90. The molecule has 2 aromatic carbocycles. The number of sulfonamides is 1. The Balaban J connectivity index is 1.76. The van der Waals surface area contributed by atoms with E-state index < -0.39 is 27.3 Å². The summed E-state index contributed by atoms with van der Waals surface area (Å²) in [6.45, 7) is 3.43. The lowest BCUT2D eigenvalue weighted by molar-refractivity contribution is -0.134. The second kappa shape index (κ2) is 9.42. The highest BCUT2D eigenvalue weighted by molar-refractivity contribution is 7.89. The average molecular weight is 512 g/mol. The molecule has 1 saturated heterocycles. The number of hydrogen-bond donors (Lipinski definition) is 3. The van der Waals surface area contributed by atoms with Crippen molar-refractivity contribution in [1.82, 2.24) is 10.6 Å². The SMILES string of the molecule is CC(C)(C(=O)NCc1cc(Cl)c(C2CCC(=O)NC2=O)c(Cl)c1)c1cccc(S(N)(=O)=O)c1. The number of carbonyl (C=O) groups is 3. The zero-order valence-electron chi connectivity index (χ0n) is 17.9. The quantitative estimate of drug-likeness (QED) is 0.512. The van der Waals surface area contributed by atoms with Crippen molar-refractivity contribution in [3.8, 4) is 0 Å². The lowest BCUT2D eigenvalue weighted by atomic mass is 9.83. The van der Waals surface area contributed by atoms with Crippen LogP contribution in [0.1, 0.15) is 49.3 Å². The zero-order chi connectivity index (χ0) is 24.6. The summed E-state index contributed by atoms with van der Waals surface area (Å²) in [6.07, 6.45) is 0.509. The van der Waals surface area contributed by atoms with Crippen LogP contribution in [0.25, 0.3) is 0 Å². The molecule has 3 rings (SSSR count). The van der Waals surface area contributed by atoms with E-state index in [1.165, 1.54) is 18.2 Å². The fourth-order valence-electron chi connectivity index (χ4n) is 3.64. The maximum atomic E-state index is 12.9. The number of carbonyl (C=O) groups excluding carboxylic acids is 3. The van der Waals surface area contributed by atoms with E-state index in [4.69, 9.17) is 28.3 Å². The van der Waals surface area contributed by atoms with Gasteiger partial charge >= 0.3 is 0 Å². The summed E-state index contributed by atoms with van der Waals surface area (Å²) < 4.78 is 23.3. The van der Waals surface area contributed by atoms with Gasteiger partial charge in [-0.1, -0.05) is 35.3 Å². The molecule has 2 aromatic rings. The second-order valence-corrected chi connectivity index (χ2v) is 10.7. The van der Waals surface area contributed by atoms with E-state index in [1.54, 1.807) is 32.0 Å². The number of imide groups is 1. The van der Waals surface area contributed by atoms with E-state index in [0.29, 0.717) is 23.1 Å². The Kier molecular flexibility index (Phi) is 7.18. The first-order chi connectivity index (χ1) is 15.3. The number of nitrogens with one attached hydrogen (secondary N) is 2. The normalized spacial score (nSPS) is 16.9. The third kappa shape index (κ3) is 5.55. The number of halogens is 2. The molecule has 0 spiro atoms. The Morgan fingerprint density at radius 2 is 1.82 bits per heavy atom. The molecule has 1 atom stereocenters. The van der Waals surface area contributed by atoms with E-state index >= 15 is 0 Å². The minimum Gasteiger partial charge on any atom is -0.351 e. The number of primary sulfonamides is 1. The molecule has 33 heavy (non-hydrogen) atoms. The third-order valence-electron chi connectivity index (χ3n) is 5.63. The van der Waals surface area contributed by atoms with E-state index in [2.05, 4.69) is 10.6 Å². The Hall–Kier alpha value is -2.46. The number of rotatable bonds is 6. The Morgan fingerprint density at radius 1 is 1.18 bits per heavy atom. The summed E-state index contributed by atoms with van der Waals surface area (Å²) in [4.78, 5) is 36.4. The third-order valence-corrected chi connectivity index (χ3v) is 7.17. The summed E-state index contributed by atoms with van der Waals surface area (Å²) in [5.41, 5.74) is 0.485. The largest absolute Gasteiger partial charge is 0.351 e. The van der Waals surface area contributed by atoms with Crippen molar-refractivity contribution < 1.29 is 22.8 Å². The smallest absolute Gasteiger partial charge is 0.238 e. The zero-order valence-corrected chi connectivity index (χ0v) is 20.3. The highest BCUT2D eigenvalue weighted by Gasteiger charge is 2.32. The molecule has 3 amide bonds. The molecule has 11 heteroatoms. The van der Waals surface area contributed by atoms with E-state index in [1.807, 2.05) is 0 Å². The van der Waals surface area contributed by atoms with Gasteiger partial charge in [0, 0.05) is 28.6 Å². The molecular formula is C22H23Cl2N3O5S. The average Bonchev–Trinajstić information content (AvgIpc) is 2.72. The summed E-state index contributed by atoms with van der Waals surface area (Å²) in [7, 11) is -3.90. The highest BCUT2D eigenvalue weighted by atomic mass is 35.5. The maximum Gasteiger partial charge on any atom is 0.238 e. The first-order valence-electron chi connectivity index (χ1n) is 10.0. The predicted molar refractivity (Wildman–Crippen MR) is 124 cm³/mol. The van der Waals surface area contributed by atoms with Crippen LogP contribution in [0, 0.1) is 0 Å². The van der Waals surface area contributed by atoms with Crippen LogP contribution >= 0.6 is 23.2 Å². The van der Waals surface area contributed by atoms with Gasteiger partial charge < -0.3 is 5.32 Å². The fourth-order valence-corrected chi connectivity index (χ4v) is 4.99. The molecule has 0 saturated carbocycles. The van der Waals surface area contributed by atoms with E-state index in [0.717, 1.165) is 0 Å². The van der Waals surface area contributed by atoms with Gasteiger partial charge in [-0.3, -0.25) is 19.7 Å². The Labute approximate surface area is 201 Å². The van der Waals surface area contributed by atoms with Gasteiger partial charge in [-0.2, -0.15) is 0 Å². The first-order valence-corrected chi connectivity index (χ1v) is 12.3. The van der Waals surface area contributed by atoms with Gasteiger partial charge in [-0.05, 0) is 55.7 Å². The van der Waals surface area contributed by atoms with Gasteiger partial charge in [0.15, 0.2) is 0 Å². The van der Waals surface area contributed by atoms with Crippen molar-refractivity contribution in [2.45, 2.75) is 49.5 Å². The van der Waals surface area contributed by atoms with Crippen LogP contribution in [0.5, 0.6) is 0 Å². The monoisotopic (exact) mass is 511 g/mol.